The minimum Gasteiger partial charge on any atom is -0.489 e. The van der Waals surface area contributed by atoms with Crippen molar-refractivity contribution < 1.29 is 18.3 Å². The third-order valence-corrected chi connectivity index (χ3v) is 3.14. The molecule has 1 amide bonds. The van der Waals surface area contributed by atoms with Crippen LogP contribution in [0, 0.1) is 19.7 Å². The number of hydrogen-bond acceptors (Lipinski definition) is 4. The monoisotopic (exact) mass is 276 g/mol. The molecule has 0 spiro atoms. The van der Waals surface area contributed by atoms with Gasteiger partial charge in [-0.2, -0.15) is 0 Å². The Kier molecular flexibility index (Phi) is 2.93. The first-order chi connectivity index (χ1) is 9.58. The SMILES string of the molecule is Cc1nc(C)c(C(=O)N2CCOc3cccc(F)c32)o1. The number of aromatic nitrogens is 1. The van der Waals surface area contributed by atoms with Crippen LogP contribution >= 0.6 is 0 Å². The van der Waals surface area contributed by atoms with Crippen molar-refractivity contribution in [3.63, 3.8) is 0 Å². The molecule has 6 heteroatoms. The van der Waals surface area contributed by atoms with Gasteiger partial charge in [0.2, 0.25) is 5.76 Å². The summed E-state index contributed by atoms with van der Waals surface area (Å²) in [7, 11) is 0. The summed E-state index contributed by atoms with van der Waals surface area (Å²) in [6.07, 6.45) is 0. The Labute approximate surface area is 115 Å². The van der Waals surface area contributed by atoms with Crippen molar-refractivity contribution >= 4 is 11.6 Å². The summed E-state index contributed by atoms with van der Waals surface area (Å²) in [5.41, 5.74) is 0.647. The molecular formula is C14H13FN2O3. The zero-order valence-electron chi connectivity index (χ0n) is 11.1. The van der Waals surface area contributed by atoms with Gasteiger partial charge in [-0.3, -0.25) is 9.69 Å². The van der Waals surface area contributed by atoms with Gasteiger partial charge in [0.05, 0.1) is 12.2 Å². The van der Waals surface area contributed by atoms with Crippen molar-refractivity contribution in [2.24, 2.45) is 0 Å². The summed E-state index contributed by atoms with van der Waals surface area (Å²) in [5, 5.41) is 0. The predicted octanol–water partition coefficient (Wildman–Crippen LogP) is 2.47. The van der Waals surface area contributed by atoms with Crippen LogP contribution < -0.4 is 9.64 Å². The fourth-order valence-corrected chi connectivity index (χ4v) is 2.29. The quantitative estimate of drug-likeness (QED) is 0.803. The van der Waals surface area contributed by atoms with E-state index in [0.717, 1.165) is 0 Å². The highest BCUT2D eigenvalue weighted by molar-refractivity contribution is 6.06. The molecule has 2 aromatic rings. The smallest absolute Gasteiger partial charge is 0.296 e. The summed E-state index contributed by atoms with van der Waals surface area (Å²) in [5.74, 6) is 0.00662. The van der Waals surface area contributed by atoms with Crippen LogP contribution in [0.5, 0.6) is 5.75 Å². The molecule has 3 rings (SSSR count). The van der Waals surface area contributed by atoms with Crippen LogP contribution in [0.15, 0.2) is 22.6 Å². The topological polar surface area (TPSA) is 55.6 Å². The average molecular weight is 276 g/mol. The molecule has 2 heterocycles. The molecule has 0 aliphatic carbocycles. The molecule has 0 radical (unpaired) electrons. The lowest BCUT2D eigenvalue weighted by Gasteiger charge is -2.29. The number of fused-ring (bicyclic) bond motifs is 1. The molecule has 0 fully saturated rings. The molecule has 1 aliphatic heterocycles. The van der Waals surface area contributed by atoms with E-state index in [9.17, 15) is 9.18 Å². The molecule has 20 heavy (non-hydrogen) atoms. The Morgan fingerprint density at radius 3 is 2.90 bits per heavy atom. The van der Waals surface area contributed by atoms with Crippen LogP contribution in [-0.4, -0.2) is 24.0 Å². The molecule has 5 nitrogen and oxygen atoms in total. The second-order valence-corrected chi connectivity index (χ2v) is 4.54. The lowest BCUT2D eigenvalue weighted by atomic mass is 10.2. The van der Waals surface area contributed by atoms with E-state index < -0.39 is 11.7 Å². The van der Waals surface area contributed by atoms with E-state index in [-0.39, 0.29) is 18.0 Å². The molecular weight excluding hydrogens is 263 g/mol. The van der Waals surface area contributed by atoms with E-state index in [1.54, 1.807) is 26.0 Å². The van der Waals surface area contributed by atoms with Gasteiger partial charge in [-0.25, -0.2) is 9.37 Å². The third kappa shape index (κ3) is 1.93. The molecule has 104 valence electrons. The lowest BCUT2D eigenvalue weighted by molar-refractivity contribution is 0.0946. The molecule has 0 unspecified atom stereocenters. The number of carbonyl (C=O) groups is 1. The van der Waals surface area contributed by atoms with Crippen LogP contribution in [0.1, 0.15) is 22.1 Å². The maximum absolute atomic E-state index is 14.0. The van der Waals surface area contributed by atoms with E-state index in [0.29, 0.717) is 23.9 Å². The standard InChI is InChI=1S/C14H13FN2O3/c1-8-13(20-9(2)16-8)14(18)17-6-7-19-11-5-3-4-10(15)12(11)17/h3-5H,6-7H2,1-2H3. The van der Waals surface area contributed by atoms with Gasteiger partial charge in [-0.1, -0.05) is 6.07 Å². The van der Waals surface area contributed by atoms with Crippen LogP contribution in [0.25, 0.3) is 0 Å². The Hall–Kier alpha value is -2.37. The predicted molar refractivity (Wildman–Crippen MR) is 69.5 cm³/mol. The first-order valence-electron chi connectivity index (χ1n) is 6.25. The highest BCUT2D eigenvalue weighted by Crippen LogP contribution is 2.35. The van der Waals surface area contributed by atoms with Crippen molar-refractivity contribution in [2.75, 3.05) is 18.1 Å². The summed E-state index contributed by atoms with van der Waals surface area (Å²) in [6, 6.07) is 4.48. The van der Waals surface area contributed by atoms with E-state index >= 15 is 0 Å². The second kappa shape index (κ2) is 4.63. The van der Waals surface area contributed by atoms with Crippen molar-refractivity contribution in [3.05, 3.63) is 41.4 Å². The number of hydrogen-bond donors (Lipinski definition) is 0. The van der Waals surface area contributed by atoms with E-state index in [1.165, 1.54) is 11.0 Å². The number of amides is 1. The van der Waals surface area contributed by atoms with Gasteiger partial charge in [-0.05, 0) is 19.1 Å². The van der Waals surface area contributed by atoms with Crippen LogP contribution in [0.4, 0.5) is 10.1 Å². The number of ether oxygens (including phenoxy) is 1. The number of carbonyl (C=O) groups excluding carboxylic acids is 1. The van der Waals surface area contributed by atoms with Gasteiger partial charge in [0.15, 0.2) is 11.7 Å². The van der Waals surface area contributed by atoms with Gasteiger partial charge >= 0.3 is 0 Å². The minimum absolute atomic E-state index is 0.138. The van der Waals surface area contributed by atoms with Crippen molar-refractivity contribution in [1.82, 2.24) is 4.98 Å². The number of oxazole rings is 1. The van der Waals surface area contributed by atoms with E-state index in [2.05, 4.69) is 4.98 Å². The first-order valence-corrected chi connectivity index (χ1v) is 6.25. The molecule has 1 aromatic carbocycles. The first kappa shape index (κ1) is 12.7. The van der Waals surface area contributed by atoms with Gasteiger partial charge in [0, 0.05) is 6.92 Å². The Bertz CT molecular complexity index is 681. The Balaban J connectivity index is 2.05. The van der Waals surface area contributed by atoms with Crippen molar-refractivity contribution in [1.29, 1.82) is 0 Å². The fourth-order valence-electron chi connectivity index (χ4n) is 2.29. The Morgan fingerprint density at radius 2 is 2.20 bits per heavy atom. The van der Waals surface area contributed by atoms with Gasteiger partial charge in [0.1, 0.15) is 18.0 Å². The van der Waals surface area contributed by atoms with E-state index in [1.807, 2.05) is 0 Å². The molecule has 1 aliphatic rings. The highest BCUT2D eigenvalue weighted by atomic mass is 19.1. The summed E-state index contributed by atoms with van der Waals surface area (Å²) in [6.45, 7) is 3.93. The van der Waals surface area contributed by atoms with Crippen molar-refractivity contribution in [3.8, 4) is 5.75 Å². The minimum atomic E-state index is -0.496. The number of halogens is 1. The van der Waals surface area contributed by atoms with Crippen LogP contribution in [0.3, 0.4) is 0 Å². The summed E-state index contributed by atoms with van der Waals surface area (Å²) in [4.78, 5) is 17.9. The van der Waals surface area contributed by atoms with Crippen LogP contribution in [0.2, 0.25) is 0 Å². The summed E-state index contributed by atoms with van der Waals surface area (Å²) < 4.78 is 24.7. The summed E-state index contributed by atoms with van der Waals surface area (Å²) >= 11 is 0. The van der Waals surface area contributed by atoms with Crippen LogP contribution in [-0.2, 0) is 0 Å². The highest BCUT2D eigenvalue weighted by Gasteiger charge is 2.30. The normalized spacial score (nSPS) is 13.8. The number of nitrogens with zero attached hydrogens (tertiary/aromatic N) is 2. The second-order valence-electron chi connectivity index (χ2n) is 4.54. The molecule has 1 aromatic heterocycles. The number of anilines is 1. The number of benzene rings is 1. The lowest BCUT2D eigenvalue weighted by Crippen LogP contribution is -2.38. The zero-order chi connectivity index (χ0) is 14.3. The van der Waals surface area contributed by atoms with Crippen molar-refractivity contribution in [2.45, 2.75) is 13.8 Å². The fraction of sp³-hybridized carbons (Fsp3) is 0.286. The molecule has 0 saturated heterocycles. The number of aryl methyl sites for hydroxylation is 2. The van der Waals surface area contributed by atoms with E-state index in [4.69, 9.17) is 9.15 Å². The molecule has 0 N–H and O–H groups in total. The molecule has 0 atom stereocenters. The number of para-hydroxylation sites is 1. The van der Waals surface area contributed by atoms with Gasteiger partial charge in [0.25, 0.3) is 5.91 Å². The third-order valence-electron chi connectivity index (χ3n) is 3.14. The molecule has 0 saturated carbocycles. The number of rotatable bonds is 1. The van der Waals surface area contributed by atoms with Gasteiger partial charge in [-0.15, -0.1) is 0 Å². The molecule has 0 bridgehead atoms. The Morgan fingerprint density at radius 1 is 1.40 bits per heavy atom. The zero-order valence-corrected chi connectivity index (χ0v) is 11.1. The maximum atomic E-state index is 14.0. The maximum Gasteiger partial charge on any atom is 0.296 e. The van der Waals surface area contributed by atoms with Gasteiger partial charge < -0.3 is 9.15 Å². The average Bonchev–Trinajstić information content (AvgIpc) is 2.77. The largest absolute Gasteiger partial charge is 0.489 e.